The fraction of sp³-hybridized carbons (Fsp3) is 0.0667. The van der Waals surface area contributed by atoms with E-state index < -0.39 is 11.8 Å². The number of hydrogen-bond acceptors (Lipinski definition) is 4. The van der Waals surface area contributed by atoms with Crippen LogP contribution < -0.4 is 5.73 Å². The van der Waals surface area contributed by atoms with E-state index in [1.807, 2.05) is 6.07 Å². The third kappa shape index (κ3) is 3.50. The summed E-state index contributed by atoms with van der Waals surface area (Å²) in [4.78, 5) is 11.9. The Morgan fingerprint density at radius 2 is 2.10 bits per heavy atom. The van der Waals surface area contributed by atoms with Crippen LogP contribution in [-0.2, 0) is 11.3 Å². The minimum Gasteiger partial charge on any atom is -0.457 e. The summed E-state index contributed by atoms with van der Waals surface area (Å²) in [5, 5.41) is 8.85. The Morgan fingerprint density at radius 1 is 1.33 bits per heavy atom. The number of rotatable bonds is 3. The normalized spacial score (nSPS) is 9.95. The summed E-state index contributed by atoms with van der Waals surface area (Å²) in [6.45, 7) is -0.262. The third-order valence-electron chi connectivity index (χ3n) is 2.75. The molecule has 0 aliphatic carbocycles. The van der Waals surface area contributed by atoms with Crippen molar-refractivity contribution in [3.8, 4) is 6.07 Å². The molecule has 0 aliphatic rings. The van der Waals surface area contributed by atoms with Gasteiger partial charge in [-0.05, 0) is 30.3 Å². The number of esters is 1. The van der Waals surface area contributed by atoms with E-state index in [0.717, 1.165) is 6.07 Å². The van der Waals surface area contributed by atoms with E-state index in [0.29, 0.717) is 5.69 Å². The maximum Gasteiger partial charge on any atom is 0.340 e. The van der Waals surface area contributed by atoms with Crippen molar-refractivity contribution in [2.24, 2.45) is 0 Å². The van der Waals surface area contributed by atoms with Crippen LogP contribution in [0.25, 0.3) is 0 Å². The second-order valence-electron chi connectivity index (χ2n) is 4.23. The molecule has 0 bridgehead atoms. The van der Waals surface area contributed by atoms with Crippen molar-refractivity contribution in [1.82, 2.24) is 0 Å². The maximum absolute atomic E-state index is 13.6. The van der Waals surface area contributed by atoms with Crippen molar-refractivity contribution < 1.29 is 13.9 Å². The highest BCUT2D eigenvalue weighted by molar-refractivity contribution is 6.33. The van der Waals surface area contributed by atoms with Gasteiger partial charge in [0.05, 0.1) is 22.2 Å². The number of nitrogens with two attached hydrogens (primary N) is 1. The molecule has 0 amide bonds. The van der Waals surface area contributed by atoms with Crippen LogP contribution in [0.15, 0.2) is 36.4 Å². The van der Waals surface area contributed by atoms with Crippen LogP contribution >= 0.6 is 11.6 Å². The fourth-order valence-corrected chi connectivity index (χ4v) is 1.85. The summed E-state index contributed by atoms with van der Waals surface area (Å²) >= 11 is 5.88. The van der Waals surface area contributed by atoms with Gasteiger partial charge in [0.1, 0.15) is 12.4 Å². The maximum atomic E-state index is 13.6. The molecule has 2 rings (SSSR count). The molecule has 4 nitrogen and oxygen atoms in total. The summed E-state index contributed by atoms with van der Waals surface area (Å²) < 4.78 is 18.6. The Bertz CT molecular complexity index is 741. The molecule has 0 saturated carbocycles. The van der Waals surface area contributed by atoms with E-state index in [-0.39, 0.29) is 28.3 Å². The summed E-state index contributed by atoms with van der Waals surface area (Å²) in [5.41, 5.74) is 6.42. The van der Waals surface area contributed by atoms with Gasteiger partial charge in [-0.25, -0.2) is 9.18 Å². The lowest BCUT2D eigenvalue weighted by Crippen LogP contribution is -2.07. The van der Waals surface area contributed by atoms with E-state index in [1.54, 1.807) is 6.07 Å². The van der Waals surface area contributed by atoms with Crippen molar-refractivity contribution in [2.45, 2.75) is 6.61 Å². The molecule has 0 saturated heterocycles. The minimum atomic E-state index is -0.698. The standard InChI is InChI=1S/C15H10ClFN2O2/c16-13-4-3-11(19)6-12(13)15(20)21-8-10-2-1-9(7-18)5-14(10)17/h1-6H,8,19H2. The molecule has 2 aromatic carbocycles. The summed E-state index contributed by atoms with van der Waals surface area (Å²) in [7, 11) is 0. The second-order valence-corrected chi connectivity index (χ2v) is 4.64. The SMILES string of the molecule is N#Cc1ccc(COC(=O)c2cc(N)ccc2Cl)c(F)c1. The molecule has 0 radical (unpaired) electrons. The predicted molar refractivity (Wildman–Crippen MR) is 76.1 cm³/mol. The van der Waals surface area contributed by atoms with Crippen molar-refractivity contribution >= 4 is 23.3 Å². The zero-order chi connectivity index (χ0) is 15.4. The van der Waals surface area contributed by atoms with Gasteiger partial charge in [0.15, 0.2) is 0 Å². The Hall–Kier alpha value is -2.58. The highest BCUT2D eigenvalue weighted by Crippen LogP contribution is 2.20. The highest BCUT2D eigenvalue weighted by atomic mass is 35.5. The highest BCUT2D eigenvalue weighted by Gasteiger charge is 2.13. The average molecular weight is 305 g/mol. The lowest BCUT2D eigenvalue weighted by molar-refractivity contribution is 0.0469. The number of benzene rings is 2. The smallest absolute Gasteiger partial charge is 0.340 e. The lowest BCUT2D eigenvalue weighted by atomic mass is 10.1. The largest absolute Gasteiger partial charge is 0.457 e. The molecule has 0 unspecified atom stereocenters. The molecule has 0 spiro atoms. The molecule has 106 valence electrons. The van der Waals surface area contributed by atoms with Crippen molar-refractivity contribution in [2.75, 3.05) is 5.73 Å². The van der Waals surface area contributed by atoms with Crippen LogP contribution in [0.4, 0.5) is 10.1 Å². The number of halogens is 2. The molecule has 2 aromatic rings. The number of nitrogen functional groups attached to an aromatic ring is 1. The number of nitriles is 1. The molecular formula is C15H10ClFN2O2. The van der Waals surface area contributed by atoms with E-state index in [2.05, 4.69) is 0 Å². The fourth-order valence-electron chi connectivity index (χ4n) is 1.65. The number of ether oxygens (including phenoxy) is 1. The van der Waals surface area contributed by atoms with Gasteiger partial charge in [-0.15, -0.1) is 0 Å². The minimum absolute atomic E-state index is 0.116. The number of carbonyl (C=O) groups excluding carboxylic acids is 1. The number of hydrogen-bond donors (Lipinski definition) is 1. The first-order valence-corrected chi connectivity index (χ1v) is 6.29. The van der Waals surface area contributed by atoms with Crippen LogP contribution in [-0.4, -0.2) is 5.97 Å². The number of nitrogens with zero attached hydrogens (tertiary/aromatic N) is 1. The van der Waals surface area contributed by atoms with Gasteiger partial charge >= 0.3 is 5.97 Å². The van der Waals surface area contributed by atoms with Gasteiger partial charge in [-0.1, -0.05) is 17.7 Å². The van der Waals surface area contributed by atoms with Crippen molar-refractivity contribution in [3.05, 3.63) is 63.9 Å². The number of anilines is 1. The van der Waals surface area contributed by atoms with E-state index in [4.69, 9.17) is 27.3 Å². The van der Waals surface area contributed by atoms with Gasteiger partial charge in [0, 0.05) is 11.3 Å². The van der Waals surface area contributed by atoms with Crippen LogP contribution in [0.1, 0.15) is 21.5 Å². The first-order valence-electron chi connectivity index (χ1n) is 5.92. The Kier molecular flexibility index (Phi) is 4.41. The Balaban J connectivity index is 2.11. The molecule has 0 atom stereocenters. The van der Waals surface area contributed by atoms with Gasteiger partial charge in [-0.3, -0.25) is 0 Å². The Labute approximate surface area is 125 Å². The predicted octanol–water partition coefficient (Wildman–Crippen LogP) is 3.29. The monoisotopic (exact) mass is 304 g/mol. The first kappa shape index (κ1) is 14.8. The molecule has 2 N–H and O–H groups in total. The topological polar surface area (TPSA) is 76.1 Å². The third-order valence-corrected chi connectivity index (χ3v) is 3.08. The zero-order valence-electron chi connectivity index (χ0n) is 10.8. The molecule has 0 heterocycles. The van der Waals surface area contributed by atoms with Crippen molar-refractivity contribution in [1.29, 1.82) is 5.26 Å². The van der Waals surface area contributed by atoms with Gasteiger partial charge in [0.25, 0.3) is 0 Å². The molecule has 6 heteroatoms. The van der Waals surface area contributed by atoms with Crippen LogP contribution in [0.2, 0.25) is 5.02 Å². The number of carbonyl (C=O) groups is 1. The average Bonchev–Trinajstić information content (AvgIpc) is 2.48. The quantitative estimate of drug-likeness (QED) is 0.697. The zero-order valence-corrected chi connectivity index (χ0v) is 11.5. The van der Waals surface area contributed by atoms with Crippen LogP contribution in [0, 0.1) is 17.1 Å². The van der Waals surface area contributed by atoms with Gasteiger partial charge < -0.3 is 10.5 Å². The van der Waals surface area contributed by atoms with Gasteiger partial charge in [0.2, 0.25) is 0 Å². The summed E-state index contributed by atoms with van der Waals surface area (Å²) in [5.74, 6) is -1.31. The molecule has 0 fully saturated rings. The first-order chi connectivity index (χ1) is 10.0. The molecule has 0 aromatic heterocycles. The molecule has 21 heavy (non-hydrogen) atoms. The van der Waals surface area contributed by atoms with Crippen molar-refractivity contribution in [3.63, 3.8) is 0 Å². The lowest BCUT2D eigenvalue weighted by Gasteiger charge is -2.08. The molecular weight excluding hydrogens is 295 g/mol. The van der Waals surface area contributed by atoms with Crippen LogP contribution in [0.5, 0.6) is 0 Å². The summed E-state index contributed by atoms with van der Waals surface area (Å²) in [6.07, 6.45) is 0. The summed E-state index contributed by atoms with van der Waals surface area (Å²) in [6, 6.07) is 10.2. The van der Waals surface area contributed by atoms with Crippen LogP contribution in [0.3, 0.4) is 0 Å². The second kappa shape index (κ2) is 6.25. The van der Waals surface area contributed by atoms with Gasteiger partial charge in [-0.2, -0.15) is 5.26 Å². The van der Waals surface area contributed by atoms with E-state index in [9.17, 15) is 9.18 Å². The van der Waals surface area contributed by atoms with E-state index in [1.165, 1.54) is 24.3 Å². The molecule has 0 aliphatic heterocycles. The Morgan fingerprint density at radius 3 is 2.76 bits per heavy atom. The van der Waals surface area contributed by atoms with E-state index >= 15 is 0 Å².